The van der Waals surface area contributed by atoms with Crippen LogP contribution in [0.5, 0.6) is 0 Å². The quantitative estimate of drug-likeness (QED) is 0.681. The van der Waals surface area contributed by atoms with Crippen molar-refractivity contribution in [2.24, 2.45) is 0 Å². The lowest BCUT2D eigenvalue weighted by molar-refractivity contribution is -0.137. The monoisotopic (exact) mass is 242 g/mol. The molecule has 1 nitrogen and oxygen atoms in total. The SMILES string of the molecule is [2H]C([2H])([2H])c1ncc(C(F)(F)F)cc1Br. The molecule has 1 heterocycles. The lowest BCUT2D eigenvalue weighted by Crippen LogP contribution is -2.05. The molecule has 0 aliphatic rings. The van der Waals surface area contributed by atoms with Gasteiger partial charge in [0, 0.05) is 14.8 Å². The second kappa shape index (κ2) is 3.05. The molecule has 1 aromatic rings. The van der Waals surface area contributed by atoms with Crippen molar-refractivity contribution in [1.82, 2.24) is 4.98 Å². The molecule has 0 N–H and O–H groups in total. The van der Waals surface area contributed by atoms with Gasteiger partial charge in [-0.1, -0.05) is 0 Å². The number of pyridine rings is 1. The van der Waals surface area contributed by atoms with Gasteiger partial charge in [0.2, 0.25) is 0 Å². The number of aryl methyl sites for hydroxylation is 1. The largest absolute Gasteiger partial charge is 0.417 e. The average Bonchev–Trinajstić information content (AvgIpc) is 1.99. The second-order valence-electron chi connectivity index (χ2n) is 2.05. The van der Waals surface area contributed by atoms with Gasteiger partial charge in [0.25, 0.3) is 0 Å². The van der Waals surface area contributed by atoms with E-state index in [1.165, 1.54) is 0 Å². The normalized spacial score (nSPS) is 16.5. The van der Waals surface area contributed by atoms with E-state index in [1.807, 2.05) is 0 Å². The Bertz CT molecular complexity index is 375. The third-order valence-corrected chi connectivity index (χ3v) is 1.77. The number of halogens is 4. The van der Waals surface area contributed by atoms with Crippen molar-refractivity contribution in [3.8, 4) is 0 Å². The standard InChI is InChI=1S/C7H5BrF3N/c1-4-6(8)2-5(3-12-4)7(9,10)11/h2-3H,1H3/i1D3. The zero-order chi connectivity index (χ0) is 11.9. The van der Waals surface area contributed by atoms with Gasteiger partial charge < -0.3 is 0 Å². The lowest BCUT2D eigenvalue weighted by Gasteiger charge is -2.06. The summed E-state index contributed by atoms with van der Waals surface area (Å²) in [5.41, 5.74) is -1.36. The smallest absolute Gasteiger partial charge is 0.260 e. The maximum Gasteiger partial charge on any atom is 0.417 e. The van der Waals surface area contributed by atoms with Crippen LogP contribution in [0.4, 0.5) is 13.2 Å². The molecule has 0 spiro atoms. The highest BCUT2D eigenvalue weighted by Gasteiger charge is 2.31. The predicted molar refractivity (Wildman–Crippen MR) is 41.7 cm³/mol. The van der Waals surface area contributed by atoms with Gasteiger partial charge in [-0.25, -0.2) is 0 Å². The summed E-state index contributed by atoms with van der Waals surface area (Å²) in [5.74, 6) is 0. The Hall–Kier alpha value is -0.580. The van der Waals surface area contributed by atoms with E-state index in [9.17, 15) is 13.2 Å². The first kappa shape index (κ1) is 5.96. The summed E-state index contributed by atoms with van der Waals surface area (Å²) in [7, 11) is 0. The van der Waals surface area contributed by atoms with Gasteiger partial charge in [-0.05, 0) is 28.8 Å². The highest BCUT2D eigenvalue weighted by molar-refractivity contribution is 9.10. The molecule has 0 aliphatic carbocycles. The van der Waals surface area contributed by atoms with Crippen LogP contribution in [0, 0.1) is 6.85 Å². The maximum absolute atomic E-state index is 12.2. The molecule has 1 aromatic heterocycles. The van der Waals surface area contributed by atoms with E-state index in [0.717, 1.165) is 0 Å². The fourth-order valence-electron chi connectivity index (χ4n) is 0.593. The zero-order valence-electron chi connectivity index (χ0n) is 8.61. The van der Waals surface area contributed by atoms with Crippen LogP contribution in [0.25, 0.3) is 0 Å². The predicted octanol–water partition coefficient (Wildman–Crippen LogP) is 3.17. The Kier molecular flexibility index (Phi) is 1.51. The van der Waals surface area contributed by atoms with Crippen LogP contribution >= 0.6 is 15.9 Å². The van der Waals surface area contributed by atoms with Gasteiger partial charge in [0.15, 0.2) is 0 Å². The van der Waals surface area contributed by atoms with Crippen LogP contribution in [-0.2, 0) is 6.18 Å². The Balaban J connectivity index is 3.21. The fraction of sp³-hybridized carbons (Fsp3) is 0.286. The number of nitrogens with zero attached hydrogens (tertiary/aromatic N) is 1. The van der Waals surface area contributed by atoms with Gasteiger partial charge in [0.1, 0.15) is 0 Å². The fourth-order valence-corrected chi connectivity index (χ4v) is 0.942. The van der Waals surface area contributed by atoms with E-state index in [2.05, 4.69) is 20.9 Å². The molecule has 0 amide bonds. The molecule has 0 atom stereocenters. The van der Waals surface area contributed by atoms with Crippen LogP contribution in [0.3, 0.4) is 0 Å². The van der Waals surface area contributed by atoms with Crippen molar-refractivity contribution in [2.75, 3.05) is 0 Å². The highest BCUT2D eigenvalue weighted by Crippen LogP contribution is 2.30. The molecular formula is C7H5BrF3N. The zero-order valence-corrected chi connectivity index (χ0v) is 7.20. The molecule has 12 heavy (non-hydrogen) atoms. The summed E-state index contributed by atoms with van der Waals surface area (Å²) in [5, 5.41) is 0. The molecule has 0 fully saturated rings. The third kappa shape index (κ3) is 1.97. The number of alkyl halides is 3. The van der Waals surface area contributed by atoms with E-state index in [4.69, 9.17) is 4.11 Å². The van der Waals surface area contributed by atoms with Crippen LogP contribution in [-0.4, -0.2) is 4.98 Å². The molecule has 5 heteroatoms. The van der Waals surface area contributed by atoms with Crippen LogP contribution in [0.15, 0.2) is 16.7 Å². The van der Waals surface area contributed by atoms with E-state index < -0.39 is 18.6 Å². The van der Waals surface area contributed by atoms with E-state index in [0.29, 0.717) is 12.3 Å². The summed E-state index contributed by atoms with van der Waals surface area (Å²) in [4.78, 5) is 3.29. The van der Waals surface area contributed by atoms with Crippen LogP contribution in [0.2, 0.25) is 0 Å². The van der Waals surface area contributed by atoms with Gasteiger partial charge in [-0.15, -0.1) is 0 Å². The molecular weight excluding hydrogens is 235 g/mol. The van der Waals surface area contributed by atoms with Gasteiger partial charge in [0.05, 0.1) is 11.3 Å². The minimum absolute atomic E-state index is 0.169. The van der Waals surface area contributed by atoms with Crippen molar-refractivity contribution in [1.29, 1.82) is 0 Å². The Labute approximate surface area is 80.0 Å². The molecule has 0 saturated carbocycles. The third-order valence-electron chi connectivity index (χ3n) is 1.17. The summed E-state index contributed by atoms with van der Waals surface area (Å²) in [6.07, 6.45) is -4.02. The van der Waals surface area contributed by atoms with E-state index in [-0.39, 0.29) is 10.2 Å². The Morgan fingerprint density at radius 1 is 1.58 bits per heavy atom. The van der Waals surface area contributed by atoms with Gasteiger partial charge in [-0.2, -0.15) is 13.2 Å². The minimum atomic E-state index is -4.53. The lowest BCUT2D eigenvalue weighted by atomic mass is 10.2. The van der Waals surface area contributed by atoms with Gasteiger partial charge in [-0.3, -0.25) is 4.98 Å². The number of aromatic nitrogens is 1. The van der Waals surface area contributed by atoms with E-state index in [1.54, 1.807) is 0 Å². The summed E-state index contributed by atoms with van der Waals surface area (Å²) in [6, 6.07) is 0.703. The Morgan fingerprint density at radius 3 is 2.67 bits per heavy atom. The molecule has 0 saturated heterocycles. The number of rotatable bonds is 0. The summed E-state index contributed by atoms with van der Waals surface area (Å²) in [6.45, 7) is -2.52. The molecule has 66 valence electrons. The summed E-state index contributed by atoms with van der Waals surface area (Å²) >= 11 is 2.75. The number of hydrogen-bond acceptors (Lipinski definition) is 1. The second-order valence-corrected chi connectivity index (χ2v) is 2.91. The molecule has 0 bridgehead atoms. The van der Waals surface area contributed by atoms with Crippen molar-refractivity contribution < 1.29 is 17.3 Å². The van der Waals surface area contributed by atoms with Crippen LogP contribution < -0.4 is 0 Å². The maximum atomic E-state index is 12.2. The first-order valence-electron chi connectivity index (χ1n) is 4.35. The van der Waals surface area contributed by atoms with Crippen molar-refractivity contribution >= 4 is 15.9 Å². The molecule has 1 rings (SSSR count). The Morgan fingerprint density at radius 2 is 2.25 bits per heavy atom. The van der Waals surface area contributed by atoms with Crippen LogP contribution in [0.1, 0.15) is 15.4 Å². The highest BCUT2D eigenvalue weighted by atomic mass is 79.9. The topological polar surface area (TPSA) is 12.9 Å². The van der Waals surface area contributed by atoms with E-state index >= 15 is 0 Å². The van der Waals surface area contributed by atoms with Crippen molar-refractivity contribution in [2.45, 2.75) is 13.0 Å². The average molecular weight is 243 g/mol. The molecule has 0 aromatic carbocycles. The first-order chi connectivity index (χ1) is 6.62. The number of hydrogen-bond donors (Lipinski definition) is 0. The van der Waals surface area contributed by atoms with Gasteiger partial charge >= 0.3 is 6.18 Å². The van der Waals surface area contributed by atoms with Crippen molar-refractivity contribution in [3.63, 3.8) is 0 Å². The van der Waals surface area contributed by atoms with Crippen molar-refractivity contribution in [3.05, 3.63) is 28.0 Å². The minimum Gasteiger partial charge on any atom is -0.260 e. The molecule has 0 aliphatic heterocycles. The summed E-state index contributed by atoms with van der Waals surface area (Å²) < 4.78 is 57.4. The molecule has 0 radical (unpaired) electrons. The first-order valence-corrected chi connectivity index (χ1v) is 3.65. The molecule has 0 unspecified atom stereocenters.